The van der Waals surface area contributed by atoms with Crippen molar-refractivity contribution in [1.82, 2.24) is 14.9 Å². The number of nitrogens with one attached hydrogen (secondary N) is 1. The number of hydrogen-bond acceptors (Lipinski definition) is 5. The second-order valence-electron chi connectivity index (χ2n) is 7.90. The van der Waals surface area contributed by atoms with Gasteiger partial charge in [0.05, 0.1) is 11.4 Å². The second kappa shape index (κ2) is 7.63. The summed E-state index contributed by atoms with van der Waals surface area (Å²) in [6.45, 7) is 3.19. The molecule has 4 heterocycles. The Balaban J connectivity index is 1.46. The highest BCUT2D eigenvalue weighted by molar-refractivity contribution is 7.17. The molecule has 1 N–H and O–H groups in total. The van der Waals surface area contributed by atoms with Gasteiger partial charge < -0.3 is 9.80 Å². The molecular formula is C22H24N4O2S. The normalized spacial score (nSPS) is 19.8. The fraction of sp³-hybridized carbons (Fsp3) is 0.409. The molecule has 3 aromatic rings. The Morgan fingerprint density at radius 2 is 1.90 bits per heavy atom. The first-order valence-electron chi connectivity index (χ1n) is 10.3. The van der Waals surface area contributed by atoms with Crippen molar-refractivity contribution < 1.29 is 4.79 Å². The average Bonchev–Trinajstić information content (AvgIpc) is 3.44. The highest BCUT2D eigenvalue weighted by Crippen LogP contribution is 2.32. The van der Waals surface area contributed by atoms with Crippen LogP contribution >= 0.6 is 11.3 Å². The summed E-state index contributed by atoms with van der Waals surface area (Å²) >= 11 is 1.43. The lowest BCUT2D eigenvalue weighted by molar-refractivity contribution is -0.134. The Morgan fingerprint density at radius 1 is 1.10 bits per heavy atom. The molecule has 2 fully saturated rings. The number of aromatic amines is 1. The summed E-state index contributed by atoms with van der Waals surface area (Å²) in [5, 5.41) is 2.00. The molecule has 7 heteroatoms. The third kappa shape index (κ3) is 3.44. The van der Waals surface area contributed by atoms with Gasteiger partial charge in [-0.05, 0) is 31.2 Å². The maximum absolute atomic E-state index is 12.9. The summed E-state index contributed by atoms with van der Waals surface area (Å²) < 4.78 is 0.648. The van der Waals surface area contributed by atoms with E-state index in [0.717, 1.165) is 62.0 Å². The van der Waals surface area contributed by atoms with E-state index in [-0.39, 0.29) is 17.4 Å². The van der Waals surface area contributed by atoms with E-state index >= 15 is 0 Å². The van der Waals surface area contributed by atoms with Crippen LogP contribution in [0.3, 0.4) is 0 Å². The first-order valence-corrected chi connectivity index (χ1v) is 11.2. The third-order valence-corrected chi connectivity index (χ3v) is 6.95. The lowest BCUT2D eigenvalue weighted by Gasteiger charge is -2.34. The molecule has 150 valence electrons. The van der Waals surface area contributed by atoms with Crippen molar-refractivity contribution in [2.75, 3.05) is 31.1 Å². The molecule has 29 heavy (non-hydrogen) atoms. The number of amides is 1. The molecule has 1 amide bonds. The van der Waals surface area contributed by atoms with E-state index in [0.29, 0.717) is 17.2 Å². The van der Waals surface area contributed by atoms with Gasteiger partial charge in [-0.25, -0.2) is 4.98 Å². The van der Waals surface area contributed by atoms with E-state index in [1.54, 1.807) is 0 Å². The van der Waals surface area contributed by atoms with E-state index in [2.05, 4.69) is 9.88 Å². The predicted molar refractivity (Wildman–Crippen MR) is 116 cm³/mol. The van der Waals surface area contributed by atoms with Crippen LogP contribution in [0.4, 0.5) is 5.95 Å². The number of likely N-dealkylation sites (tertiary alicyclic amines) is 1. The van der Waals surface area contributed by atoms with Gasteiger partial charge in [-0.1, -0.05) is 30.3 Å². The fourth-order valence-electron chi connectivity index (χ4n) is 4.46. The summed E-state index contributed by atoms with van der Waals surface area (Å²) in [5.74, 6) is 0.826. The number of carbonyl (C=O) groups is 1. The van der Waals surface area contributed by atoms with E-state index < -0.39 is 0 Å². The standard InChI is InChI=1S/C22H24N4O2S/c27-20-19-18(17(14-29-19)15-7-2-1-3-8-15)23-22(24-20)26-12-6-9-16(13-26)21(28)25-10-4-5-11-25/h1-3,7-8,14,16H,4-6,9-13H2,(H,23,24,27)/t16-/m0/s1. The molecule has 0 radical (unpaired) electrons. The monoisotopic (exact) mass is 408 g/mol. The first-order chi connectivity index (χ1) is 14.2. The minimum absolute atomic E-state index is 0.0149. The van der Waals surface area contributed by atoms with Crippen molar-refractivity contribution in [3.8, 4) is 11.1 Å². The number of thiophene rings is 1. The molecule has 0 aliphatic carbocycles. The zero-order valence-corrected chi connectivity index (χ0v) is 17.1. The lowest BCUT2D eigenvalue weighted by Crippen LogP contribution is -2.45. The number of anilines is 1. The number of H-pyrrole nitrogens is 1. The van der Waals surface area contributed by atoms with Crippen LogP contribution in [0.2, 0.25) is 0 Å². The lowest BCUT2D eigenvalue weighted by atomic mass is 9.97. The molecule has 2 saturated heterocycles. The van der Waals surface area contributed by atoms with Crippen LogP contribution in [-0.2, 0) is 4.79 Å². The highest BCUT2D eigenvalue weighted by atomic mass is 32.1. The molecule has 2 aliphatic heterocycles. The van der Waals surface area contributed by atoms with Crippen LogP contribution in [0.15, 0.2) is 40.5 Å². The Morgan fingerprint density at radius 3 is 2.69 bits per heavy atom. The van der Waals surface area contributed by atoms with Crippen LogP contribution in [-0.4, -0.2) is 47.0 Å². The zero-order chi connectivity index (χ0) is 19.8. The van der Waals surface area contributed by atoms with Crippen LogP contribution < -0.4 is 10.5 Å². The maximum Gasteiger partial charge on any atom is 0.270 e. The van der Waals surface area contributed by atoms with Gasteiger partial charge in [0.15, 0.2) is 0 Å². The third-order valence-electron chi connectivity index (χ3n) is 5.99. The predicted octanol–water partition coefficient (Wildman–Crippen LogP) is 3.49. The van der Waals surface area contributed by atoms with Gasteiger partial charge in [-0.3, -0.25) is 14.6 Å². The SMILES string of the molecule is O=C([C@H]1CCCN(c2nc3c(-c4ccccc4)csc3c(=O)[nH]2)C1)N1CCCC1. The molecule has 2 aliphatic rings. The van der Waals surface area contributed by atoms with Gasteiger partial charge in [0.25, 0.3) is 5.56 Å². The molecule has 0 spiro atoms. The van der Waals surface area contributed by atoms with Crippen molar-refractivity contribution in [3.63, 3.8) is 0 Å². The molecule has 0 bridgehead atoms. The Kier molecular flexibility index (Phi) is 4.83. The Hall–Kier alpha value is -2.67. The number of aromatic nitrogens is 2. The summed E-state index contributed by atoms with van der Waals surface area (Å²) in [7, 11) is 0. The molecule has 0 unspecified atom stereocenters. The van der Waals surface area contributed by atoms with Crippen molar-refractivity contribution in [1.29, 1.82) is 0 Å². The number of nitrogens with zero attached hydrogens (tertiary/aromatic N) is 3. The molecule has 2 aromatic heterocycles. The number of piperidine rings is 1. The van der Waals surface area contributed by atoms with Gasteiger partial charge in [-0.15, -0.1) is 11.3 Å². The molecule has 5 rings (SSSR count). The number of rotatable bonds is 3. The summed E-state index contributed by atoms with van der Waals surface area (Å²) in [6.07, 6.45) is 4.05. The van der Waals surface area contributed by atoms with E-state index in [1.165, 1.54) is 11.3 Å². The molecule has 1 aromatic carbocycles. The van der Waals surface area contributed by atoms with Crippen LogP contribution in [0, 0.1) is 5.92 Å². The Bertz CT molecular complexity index is 1090. The maximum atomic E-state index is 12.9. The van der Waals surface area contributed by atoms with Crippen molar-refractivity contribution >= 4 is 33.4 Å². The second-order valence-corrected chi connectivity index (χ2v) is 8.78. The number of hydrogen-bond donors (Lipinski definition) is 1. The summed E-state index contributed by atoms with van der Waals surface area (Å²) in [6, 6.07) is 10.0. The van der Waals surface area contributed by atoms with E-state index in [9.17, 15) is 9.59 Å². The number of carbonyl (C=O) groups excluding carboxylic acids is 1. The van der Waals surface area contributed by atoms with Gasteiger partial charge in [-0.2, -0.15) is 0 Å². The van der Waals surface area contributed by atoms with Crippen molar-refractivity contribution in [2.24, 2.45) is 5.92 Å². The first kappa shape index (κ1) is 18.4. The largest absolute Gasteiger partial charge is 0.342 e. The smallest absolute Gasteiger partial charge is 0.270 e. The molecule has 0 saturated carbocycles. The minimum atomic E-state index is -0.106. The van der Waals surface area contributed by atoms with E-state index in [4.69, 9.17) is 4.98 Å². The molecule has 6 nitrogen and oxygen atoms in total. The highest BCUT2D eigenvalue weighted by Gasteiger charge is 2.31. The topological polar surface area (TPSA) is 69.3 Å². The Labute approximate surface area is 173 Å². The van der Waals surface area contributed by atoms with Gasteiger partial charge in [0.2, 0.25) is 11.9 Å². The van der Waals surface area contributed by atoms with Crippen molar-refractivity contribution in [3.05, 3.63) is 46.1 Å². The summed E-state index contributed by atoms with van der Waals surface area (Å²) in [5.41, 5.74) is 2.68. The van der Waals surface area contributed by atoms with Crippen molar-refractivity contribution in [2.45, 2.75) is 25.7 Å². The minimum Gasteiger partial charge on any atom is -0.342 e. The zero-order valence-electron chi connectivity index (χ0n) is 16.3. The molecular weight excluding hydrogens is 384 g/mol. The summed E-state index contributed by atoms with van der Waals surface area (Å²) in [4.78, 5) is 37.5. The number of fused-ring (bicyclic) bond motifs is 1. The van der Waals surface area contributed by atoms with Crippen LogP contribution in [0.1, 0.15) is 25.7 Å². The van der Waals surface area contributed by atoms with Gasteiger partial charge in [0.1, 0.15) is 4.70 Å². The molecule has 1 atom stereocenters. The van der Waals surface area contributed by atoms with Crippen LogP contribution in [0.25, 0.3) is 21.3 Å². The van der Waals surface area contributed by atoms with Gasteiger partial charge in [0, 0.05) is 37.1 Å². The van der Waals surface area contributed by atoms with E-state index in [1.807, 2.05) is 40.6 Å². The fourth-order valence-corrected chi connectivity index (χ4v) is 5.36. The number of benzene rings is 1. The van der Waals surface area contributed by atoms with Crippen LogP contribution in [0.5, 0.6) is 0 Å². The quantitative estimate of drug-likeness (QED) is 0.720. The van der Waals surface area contributed by atoms with Gasteiger partial charge >= 0.3 is 0 Å². The average molecular weight is 409 g/mol.